The van der Waals surface area contributed by atoms with Crippen LogP contribution in [0.5, 0.6) is 0 Å². The molecule has 2 aliphatic rings. The number of hydrogen-bond donors (Lipinski definition) is 2. The van der Waals surface area contributed by atoms with E-state index >= 15 is 0 Å². The Morgan fingerprint density at radius 3 is 2.50 bits per heavy atom. The summed E-state index contributed by atoms with van der Waals surface area (Å²) < 4.78 is 3.38. The second-order valence-corrected chi connectivity index (χ2v) is 11.5. The molecular formula is C24H37N7O3. The monoisotopic (exact) mass is 471 g/mol. The molecule has 1 aliphatic heterocycles. The van der Waals surface area contributed by atoms with Crippen LogP contribution >= 0.6 is 0 Å². The van der Waals surface area contributed by atoms with Gasteiger partial charge in [-0.3, -0.25) is 19.2 Å². The topological polar surface area (TPSA) is 118 Å². The number of amides is 1. The Morgan fingerprint density at radius 1 is 1.21 bits per heavy atom. The van der Waals surface area contributed by atoms with E-state index in [-0.39, 0.29) is 36.6 Å². The van der Waals surface area contributed by atoms with Gasteiger partial charge in [0.15, 0.2) is 5.78 Å². The highest BCUT2D eigenvalue weighted by molar-refractivity contribution is 5.87. The van der Waals surface area contributed by atoms with E-state index in [2.05, 4.69) is 20.7 Å². The first kappa shape index (κ1) is 24.5. The summed E-state index contributed by atoms with van der Waals surface area (Å²) in [5.41, 5.74) is 0.801. The molecule has 34 heavy (non-hydrogen) atoms. The number of aromatic nitrogens is 5. The van der Waals surface area contributed by atoms with E-state index in [4.69, 9.17) is 0 Å². The molecule has 2 fully saturated rings. The smallest absolute Gasteiger partial charge is 0.238 e. The third kappa shape index (κ3) is 5.22. The van der Waals surface area contributed by atoms with Gasteiger partial charge in [-0.25, -0.2) is 4.68 Å². The fourth-order valence-electron chi connectivity index (χ4n) is 4.83. The molecule has 3 atom stereocenters. The summed E-state index contributed by atoms with van der Waals surface area (Å²) in [4.78, 5) is 28.6. The highest BCUT2D eigenvalue weighted by Crippen LogP contribution is 2.40. The molecule has 0 aromatic carbocycles. The Balaban J connectivity index is 1.48. The molecule has 1 saturated carbocycles. The third-order valence-corrected chi connectivity index (χ3v) is 6.82. The lowest BCUT2D eigenvalue weighted by molar-refractivity contribution is -0.130. The van der Waals surface area contributed by atoms with Crippen molar-refractivity contribution in [2.45, 2.75) is 83.5 Å². The summed E-state index contributed by atoms with van der Waals surface area (Å²) in [6.07, 6.45) is 7.35. The predicted octanol–water partition coefficient (Wildman–Crippen LogP) is 1.53. The summed E-state index contributed by atoms with van der Waals surface area (Å²) >= 11 is 0. The Morgan fingerprint density at radius 2 is 1.91 bits per heavy atom. The maximum atomic E-state index is 13.6. The Bertz CT molecular complexity index is 1050. The fourth-order valence-corrected chi connectivity index (χ4v) is 4.83. The van der Waals surface area contributed by atoms with E-state index in [1.165, 1.54) is 0 Å². The fraction of sp³-hybridized carbons (Fsp3) is 0.708. The minimum Gasteiger partial charge on any atom is -0.392 e. The van der Waals surface area contributed by atoms with Gasteiger partial charge in [-0.05, 0) is 38.5 Å². The van der Waals surface area contributed by atoms with Gasteiger partial charge in [-0.15, -0.1) is 5.10 Å². The van der Waals surface area contributed by atoms with Crippen LogP contribution in [0.25, 0.3) is 0 Å². The second kappa shape index (κ2) is 8.88. The van der Waals surface area contributed by atoms with Gasteiger partial charge in [0.05, 0.1) is 36.1 Å². The van der Waals surface area contributed by atoms with Crippen LogP contribution in [0.3, 0.4) is 0 Å². The quantitative estimate of drug-likeness (QED) is 0.599. The molecule has 3 heterocycles. The first-order chi connectivity index (χ1) is 15.8. The number of ketones is 1. The predicted molar refractivity (Wildman–Crippen MR) is 126 cm³/mol. The van der Waals surface area contributed by atoms with Crippen molar-refractivity contribution in [3.63, 3.8) is 0 Å². The van der Waals surface area contributed by atoms with Gasteiger partial charge in [-0.2, -0.15) is 5.10 Å². The number of likely N-dealkylation sites (tertiary alicyclic amines) is 1. The molecule has 0 bridgehead atoms. The zero-order chi connectivity index (χ0) is 24.8. The standard InChI is InChI=1S/C24H37N7O3/c1-23(2,3)21(31-13-18(27-28-31)15-7-8-15)20(33)14-30-12-17(32)9-19(30)22(34)26-24(4,5)16-10-25-29(6)11-16/h10-11,13,15,17,19,21,32H,7-9,12,14H2,1-6H3,(H,26,34)/t17-,19+,21-/m1/s1. The first-order valence-corrected chi connectivity index (χ1v) is 12.0. The highest BCUT2D eigenvalue weighted by atomic mass is 16.3. The van der Waals surface area contributed by atoms with Gasteiger partial charge in [0.1, 0.15) is 6.04 Å². The van der Waals surface area contributed by atoms with E-state index in [9.17, 15) is 14.7 Å². The van der Waals surface area contributed by atoms with E-state index in [0.717, 1.165) is 24.1 Å². The molecule has 2 aromatic heterocycles. The minimum atomic E-state index is -0.661. The number of aliphatic hydroxyl groups excluding tert-OH is 1. The molecule has 186 valence electrons. The van der Waals surface area contributed by atoms with Crippen molar-refractivity contribution in [3.05, 3.63) is 29.8 Å². The number of aliphatic hydroxyl groups is 1. The lowest BCUT2D eigenvalue weighted by Gasteiger charge is -2.33. The van der Waals surface area contributed by atoms with Crippen LogP contribution in [0.15, 0.2) is 18.6 Å². The first-order valence-electron chi connectivity index (χ1n) is 12.0. The molecule has 2 aromatic rings. The summed E-state index contributed by atoms with van der Waals surface area (Å²) in [6, 6.07) is -1.10. The van der Waals surface area contributed by atoms with Crippen molar-refractivity contribution >= 4 is 11.7 Å². The van der Waals surface area contributed by atoms with Gasteiger partial charge in [0.25, 0.3) is 0 Å². The number of nitrogens with zero attached hydrogens (tertiary/aromatic N) is 6. The number of nitrogens with one attached hydrogen (secondary N) is 1. The summed E-state index contributed by atoms with van der Waals surface area (Å²) in [5, 5.41) is 26.2. The number of carbonyl (C=O) groups is 2. The normalized spacial score (nSPS) is 22.7. The van der Waals surface area contributed by atoms with Crippen LogP contribution in [0.4, 0.5) is 0 Å². The molecule has 10 heteroatoms. The van der Waals surface area contributed by atoms with Gasteiger partial charge >= 0.3 is 0 Å². The van der Waals surface area contributed by atoms with Gasteiger partial charge in [0, 0.05) is 37.5 Å². The van der Waals surface area contributed by atoms with Crippen LogP contribution in [-0.2, 0) is 22.2 Å². The van der Waals surface area contributed by atoms with Crippen LogP contribution in [0.2, 0.25) is 0 Å². The molecule has 4 rings (SSSR count). The largest absolute Gasteiger partial charge is 0.392 e. The number of rotatable bonds is 8. The van der Waals surface area contributed by atoms with Crippen molar-refractivity contribution in [3.8, 4) is 0 Å². The van der Waals surface area contributed by atoms with Crippen molar-refractivity contribution in [1.29, 1.82) is 0 Å². The molecule has 1 saturated heterocycles. The van der Waals surface area contributed by atoms with Crippen molar-refractivity contribution in [1.82, 2.24) is 35.0 Å². The van der Waals surface area contributed by atoms with Crippen molar-refractivity contribution in [2.24, 2.45) is 12.5 Å². The van der Waals surface area contributed by atoms with E-state index < -0.39 is 23.7 Å². The molecular weight excluding hydrogens is 434 g/mol. The van der Waals surface area contributed by atoms with Crippen LogP contribution in [0, 0.1) is 5.41 Å². The molecule has 10 nitrogen and oxygen atoms in total. The zero-order valence-electron chi connectivity index (χ0n) is 21.0. The number of aryl methyl sites for hydroxylation is 1. The van der Waals surface area contributed by atoms with E-state index in [1.54, 1.807) is 20.5 Å². The Hall–Kier alpha value is -2.59. The molecule has 2 N–H and O–H groups in total. The van der Waals surface area contributed by atoms with Crippen LogP contribution in [-0.4, -0.2) is 71.7 Å². The maximum Gasteiger partial charge on any atom is 0.238 e. The Kier molecular flexibility index (Phi) is 6.41. The molecule has 0 spiro atoms. The number of Topliss-reactive ketones (excluding diaryl/α,β-unsaturated/α-hetero) is 1. The highest BCUT2D eigenvalue weighted by Gasteiger charge is 2.42. The summed E-state index contributed by atoms with van der Waals surface area (Å²) in [5.74, 6) is 0.204. The van der Waals surface area contributed by atoms with E-state index in [1.807, 2.05) is 54.1 Å². The molecule has 1 aliphatic carbocycles. The van der Waals surface area contributed by atoms with Crippen LogP contribution in [0.1, 0.15) is 77.1 Å². The molecule has 1 amide bonds. The number of β-amino-alcohol motifs (C(OH)–C–C–N with tert-alkyl or cyclic N) is 1. The SMILES string of the molecule is Cn1cc(C(C)(C)NC(=O)[C@@H]2C[C@@H](O)CN2CC(=O)[C@@H](n2cc(C3CC3)nn2)C(C)(C)C)cn1. The summed E-state index contributed by atoms with van der Waals surface area (Å²) in [7, 11) is 1.83. The maximum absolute atomic E-state index is 13.6. The average molecular weight is 472 g/mol. The molecule has 0 unspecified atom stereocenters. The number of hydrogen-bond acceptors (Lipinski definition) is 7. The lowest BCUT2D eigenvalue weighted by atomic mass is 9.84. The zero-order valence-corrected chi connectivity index (χ0v) is 21.0. The van der Waals surface area contributed by atoms with Crippen molar-refractivity contribution < 1.29 is 14.7 Å². The van der Waals surface area contributed by atoms with Gasteiger partial charge < -0.3 is 10.4 Å². The van der Waals surface area contributed by atoms with Crippen molar-refractivity contribution in [2.75, 3.05) is 13.1 Å². The second-order valence-electron chi connectivity index (χ2n) is 11.5. The number of carbonyl (C=O) groups excluding carboxylic acids is 2. The lowest BCUT2D eigenvalue weighted by Crippen LogP contribution is -2.51. The average Bonchev–Trinajstić information content (AvgIpc) is 3.09. The summed E-state index contributed by atoms with van der Waals surface area (Å²) in [6.45, 7) is 10.2. The van der Waals surface area contributed by atoms with Gasteiger partial charge in [-0.1, -0.05) is 26.0 Å². The third-order valence-electron chi connectivity index (χ3n) is 6.82. The molecule has 0 radical (unpaired) electrons. The van der Waals surface area contributed by atoms with Gasteiger partial charge in [0.2, 0.25) is 5.91 Å². The van der Waals surface area contributed by atoms with Crippen LogP contribution < -0.4 is 5.32 Å². The Labute approximate surface area is 200 Å². The minimum absolute atomic E-state index is 0.0434. The van der Waals surface area contributed by atoms with E-state index in [0.29, 0.717) is 5.92 Å².